The van der Waals surface area contributed by atoms with Crippen LogP contribution in [0.2, 0.25) is 39.3 Å². The van der Waals surface area contributed by atoms with E-state index in [0.717, 1.165) is 0 Å². The molecule has 2 heteroatoms. The molecule has 15 heavy (non-hydrogen) atoms. The smallest absolute Gasteiger partial charge is 0.127 e. The topological polar surface area (TPSA) is 0 Å². The van der Waals surface area contributed by atoms with Gasteiger partial charge in [-0.05, 0) is 0 Å². The fraction of sp³-hybridized carbons (Fsp3) is 0.692. The Balaban J connectivity index is 2.97. The number of hydrogen-bond acceptors (Lipinski definition) is 0. The van der Waals surface area contributed by atoms with Gasteiger partial charge >= 0.3 is 0 Å². The lowest BCUT2D eigenvalue weighted by Crippen LogP contribution is -2.22. The van der Waals surface area contributed by atoms with Crippen LogP contribution in [0.1, 0.15) is 13.8 Å². The first-order valence-electron chi connectivity index (χ1n) is 5.75. The molecule has 0 aromatic rings. The van der Waals surface area contributed by atoms with Crippen LogP contribution in [0.4, 0.5) is 0 Å². The minimum atomic E-state index is -1.21. The second kappa shape index (κ2) is 3.36. The monoisotopic (exact) mass is 236 g/mol. The van der Waals surface area contributed by atoms with Crippen molar-refractivity contribution in [2.24, 2.45) is 5.41 Å². The van der Waals surface area contributed by atoms with Gasteiger partial charge in [-0.25, -0.2) is 0 Å². The van der Waals surface area contributed by atoms with Crippen LogP contribution in [-0.2, 0) is 0 Å². The predicted molar refractivity (Wildman–Crippen MR) is 75.3 cm³/mol. The van der Waals surface area contributed by atoms with Gasteiger partial charge < -0.3 is 0 Å². The zero-order chi connectivity index (χ0) is 12.1. The molecule has 84 valence electrons. The van der Waals surface area contributed by atoms with Crippen molar-refractivity contribution in [3.05, 3.63) is 10.8 Å². The van der Waals surface area contributed by atoms with Gasteiger partial charge in [-0.15, -0.1) is 5.54 Å². The molecule has 0 amide bonds. The molecule has 1 aliphatic carbocycles. The minimum absolute atomic E-state index is 0.330. The molecule has 0 bridgehead atoms. The summed E-state index contributed by atoms with van der Waals surface area (Å²) < 4.78 is 0. The van der Waals surface area contributed by atoms with Gasteiger partial charge in [-0.1, -0.05) is 64.2 Å². The predicted octanol–water partition coefficient (Wildman–Crippen LogP) is 4.08. The van der Waals surface area contributed by atoms with Crippen molar-refractivity contribution in [2.45, 2.75) is 53.1 Å². The Morgan fingerprint density at radius 1 is 0.933 bits per heavy atom. The highest BCUT2D eigenvalue weighted by Gasteiger charge is 2.50. The van der Waals surface area contributed by atoms with Gasteiger partial charge in [0, 0.05) is 11.0 Å². The van der Waals surface area contributed by atoms with Gasteiger partial charge in [0.25, 0.3) is 0 Å². The van der Waals surface area contributed by atoms with Gasteiger partial charge in [0.1, 0.15) is 8.07 Å². The third-order valence-electron chi connectivity index (χ3n) is 2.75. The summed E-state index contributed by atoms with van der Waals surface area (Å²) in [5, 5.41) is 1.70. The van der Waals surface area contributed by atoms with Crippen LogP contribution >= 0.6 is 0 Å². The highest BCUT2D eigenvalue weighted by molar-refractivity contribution is 6.85. The quantitative estimate of drug-likeness (QED) is 0.475. The lowest BCUT2D eigenvalue weighted by Gasteiger charge is -2.15. The molecule has 0 nitrogen and oxygen atoms in total. The van der Waals surface area contributed by atoms with E-state index >= 15 is 0 Å². The summed E-state index contributed by atoms with van der Waals surface area (Å²) in [4.78, 5) is 0. The van der Waals surface area contributed by atoms with Crippen molar-refractivity contribution in [1.82, 2.24) is 0 Å². The van der Waals surface area contributed by atoms with E-state index in [4.69, 9.17) is 0 Å². The zero-order valence-electron chi connectivity index (χ0n) is 11.5. The average molecular weight is 237 g/mol. The summed E-state index contributed by atoms with van der Waals surface area (Å²) >= 11 is 0. The van der Waals surface area contributed by atoms with Crippen molar-refractivity contribution in [3.63, 3.8) is 0 Å². The second-order valence-electron chi connectivity index (χ2n) is 7.12. The van der Waals surface area contributed by atoms with Gasteiger partial charge in [-0.2, -0.15) is 0 Å². The van der Waals surface area contributed by atoms with Gasteiger partial charge in [0.15, 0.2) is 0 Å². The van der Waals surface area contributed by atoms with E-state index in [-0.39, 0.29) is 0 Å². The molecule has 0 saturated carbocycles. The fourth-order valence-electron chi connectivity index (χ4n) is 2.25. The summed E-state index contributed by atoms with van der Waals surface area (Å²) in [6.45, 7) is 18.9. The highest BCUT2D eigenvalue weighted by Crippen LogP contribution is 2.55. The van der Waals surface area contributed by atoms with Crippen LogP contribution < -0.4 is 0 Å². The molecule has 0 fully saturated rings. The highest BCUT2D eigenvalue weighted by atomic mass is 28.3. The Kier molecular flexibility index (Phi) is 2.87. The number of rotatable bonds is 1. The van der Waals surface area contributed by atoms with Crippen LogP contribution in [0.25, 0.3) is 0 Å². The van der Waals surface area contributed by atoms with E-state index < -0.39 is 16.1 Å². The normalized spacial score (nSPS) is 19.7. The van der Waals surface area contributed by atoms with Crippen molar-refractivity contribution in [3.8, 4) is 11.5 Å². The molecule has 0 N–H and O–H groups in total. The number of allylic oxidation sites excluding steroid dienone is 2. The van der Waals surface area contributed by atoms with Crippen LogP contribution in [0, 0.1) is 16.9 Å². The van der Waals surface area contributed by atoms with E-state index in [1.165, 1.54) is 5.57 Å². The molecule has 0 aromatic heterocycles. The summed E-state index contributed by atoms with van der Waals surface area (Å²) in [6.07, 6.45) is 0. The molecule has 0 spiro atoms. The average Bonchev–Trinajstić information content (AvgIpc) is 2.46. The van der Waals surface area contributed by atoms with Gasteiger partial charge in [0.05, 0.1) is 8.07 Å². The van der Waals surface area contributed by atoms with E-state index in [1.807, 2.05) is 0 Å². The Hall–Kier alpha value is -0.266. The molecule has 0 unspecified atom stereocenters. The van der Waals surface area contributed by atoms with Crippen LogP contribution in [-0.4, -0.2) is 16.1 Å². The summed E-state index contributed by atoms with van der Waals surface area (Å²) in [7, 11) is -2.34. The van der Waals surface area contributed by atoms with Crippen LogP contribution in [0.5, 0.6) is 0 Å². The Labute approximate surface area is 97.2 Å². The molecular formula is C13H24Si2. The molecule has 1 rings (SSSR count). The first kappa shape index (κ1) is 12.8. The maximum Gasteiger partial charge on any atom is 0.129 e. The molecule has 0 aromatic carbocycles. The second-order valence-corrected chi connectivity index (χ2v) is 16.9. The maximum absolute atomic E-state index is 3.49. The molecule has 0 atom stereocenters. The Morgan fingerprint density at radius 2 is 1.40 bits per heavy atom. The van der Waals surface area contributed by atoms with Crippen LogP contribution in [0.15, 0.2) is 10.8 Å². The van der Waals surface area contributed by atoms with E-state index in [0.29, 0.717) is 5.41 Å². The third-order valence-corrected chi connectivity index (χ3v) is 6.00. The summed E-state index contributed by atoms with van der Waals surface area (Å²) in [6, 6.07) is 0. The van der Waals surface area contributed by atoms with Crippen molar-refractivity contribution in [2.75, 3.05) is 0 Å². The maximum atomic E-state index is 3.49. The Bertz CT molecular complexity index is 362. The molecular weight excluding hydrogens is 212 g/mol. The van der Waals surface area contributed by atoms with Crippen molar-refractivity contribution >= 4 is 16.1 Å². The van der Waals surface area contributed by atoms with Crippen LogP contribution in [0.3, 0.4) is 0 Å². The third kappa shape index (κ3) is 2.86. The molecule has 0 saturated heterocycles. The van der Waals surface area contributed by atoms with E-state index in [1.54, 1.807) is 5.20 Å². The van der Waals surface area contributed by atoms with Crippen molar-refractivity contribution in [1.29, 1.82) is 0 Å². The minimum Gasteiger partial charge on any atom is -0.127 e. The first-order valence-corrected chi connectivity index (χ1v) is 12.8. The van der Waals surface area contributed by atoms with Crippen molar-refractivity contribution < 1.29 is 0 Å². The van der Waals surface area contributed by atoms with Gasteiger partial charge in [0.2, 0.25) is 0 Å². The summed E-state index contributed by atoms with van der Waals surface area (Å²) in [5.41, 5.74) is 5.29. The largest absolute Gasteiger partial charge is 0.129 e. The van der Waals surface area contributed by atoms with E-state index in [9.17, 15) is 0 Å². The van der Waals surface area contributed by atoms with Gasteiger partial charge in [-0.3, -0.25) is 0 Å². The van der Waals surface area contributed by atoms with E-state index in [2.05, 4.69) is 64.6 Å². The molecule has 0 radical (unpaired) electrons. The zero-order valence-corrected chi connectivity index (χ0v) is 13.5. The molecule has 0 aliphatic heterocycles. The SMILES string of the molecule is CC1(C)C(C#C[Si](C)(C)C)=C1[Si](C)(C)C. The lowest BCUT2D eigenvalue weighted by atomic mass is 10.1. The first-order chi connectivity index (χ1) is 6.46. The standard InChI is InChI=1S/C13H24Si2/c1-13(2)11(9-10-14(3,4)5)12(13)15(6,7)8/h1-8H3. The summed E-state index contributed by atoms with van der Waals surface area (Å²) in [5.74, 6) is 3.47. The Morgan fingerprint density at radius 3 is 1.67 bits per heavy atom. The lowest BCUT2D eigenvalue weighted by molar-refractivity contribution is 0.702. The number of hydrogen-bond donors (Lipinski definition) is 0. The molecule has 0 heterocycles. The fourth-order valence-corrected chi connectivity index (χ4v) is 5.81. The molecule has 1 aliphatic rings.